The Morgan fingerprint density at radius 2 is 2.50 bits per heavy atom. The SMILES string of the molecule is NNC(c1cccnc1)C1CN2CCCC2CO1. The molecule has 3 atom stereocenters. The molecule has 2 fully saturated rings. The Bertz CT molecular complexity index is 386. The zero-order chi connectivity index (χ0) is 12.4. The molecule has 0 bridgehead atoms. The monoisotopic (exact) mass is 248 g/mol. The minimum absolute atomic E-state index is 0.0141. The first-order chi connectivity index (χ1) is 8.88. The second-order valence-electron chi connectivity index (χ2n) is 5.09. The van der Waals surface area contributed by atoms with Crippen LogP contribution in [-0.2, 0) is 4.74 Å². The third-order valence-corrected chi connectivity index (χ3v) is 4.01. The summed E-state index contributed by atoms with van der Waals surface area (Å²) in [4.78, 5) is 6.67. The number of hydrogen-bond acceptors (Lipinski definition) is 5. The highest BCUT2D eigenvalue weighted by Crippen LogP contribution is 2.28. The molecule has 5 nitrogen and oxygen atoms in total. The molecule has 0 saturated carbocycles. The molecule has 3 rings (SSSR count). The van der Waals surface area contributed by atoms with Gasteiger partial charge in [0.25, 0.3) is 0 Å². The van der Waals surface area contributed by atoms with Gasteiger partial charge in [-0.05, 0) is 31.0 Å². The van der Waals surface area contributed by atoms with Gasteiger partial charge in [-0.25, -0.2) is 0 Å². The van der Waals surface area contributed by atoms with Gasteiger partial charge in [-0.1, -0.05) is 6.07 Å². The fraction of sp³-hybridized carbons (Fsp3) is 0.615. The average Bonchev–Trinajstić information content (AvgIpc) is 2.88. The van der Waals surface area contributed by atoms with E-state index in [2.05, 4.69) is 15.3 Å². The minimum Gasteiger partial charge on any atom is -0.373 e. The van der Waals surface area contributed by atoms with Crippen LogP contribution in [0.5, 0.6) is 0 Å². The Labute approximate surface area is 107 Å². The van der Waals surface area contributed by atoms with E-state index in [1.54, 1.807) is 6.20 Å². The van der Waals surface area contributed by atoms with Gasteiger partial charge < -0.3 is 4.74 Å². The highest BCUT2D eigenvalue weighted by molar-refractivity contribution is 5.16. The zero-order valence-corrected chi connectivity index (χ0v) is 10.5. The topological polar surface area (TPSA) is 63.4 Å². The molecule has 3 heterocycles. The molecule has 1 aromatic rings. The normalized spacial score (nSPS) is 30.1. The molecule has 5 heteroatoms. The number of ether oxygens (including phenoxy) is 1. The smallest absolute Gasteiger partial charge is 0.0910 e. The lowest BCUT2D eigenvalue weighted by Gasteiger charge is -2.38. The first kappa shape index (κ1) is 12.0. The van der Waals surface area contributed by atoms with Crippen molar-refractivity contribution in [3.63, 3.8) is 0 Å². The molecule has 0 aliphatic carbocycles. The van der Waals surface area contributed by atoms with E-state index < -0.39 is 0 Å². The molecule has 2 saturated heterocycles. The van der Waals surface area contributed by atoms with Gasteiger partial charge >= 0.3 is 0 Å². The number of nitrogens with one attached hydrogen (secondary N) is 1. The van der Waals surface area contributed by atoms with Crippen molar-refractivity contribution in [1.82, 2.24) is 15.3 Å². The number of rotatable bonds is 3. The Balaban J connectivity index is 1.72. The van der Waals surface area contributed by atoms with Crippen LogP contribution in [-0.4, -0.2) is 41.7 Å². The van der Waals surface area contributed by atoms with Crippen molar-refractivity contribution in [2.24, 2.45) is 5.84 Å². The Hall–Kier alpha value is -1.01. The fourth-order valence-electron chi connectivity index (χ4n) is 3.02. The fourth-order valence-corrected chi connectivity index (χ4v) is 3.02. The molecule has 0 radical (unpaired) electrons. The average molecular weight is 248 g/mol. The van der Waals surface area contributed by atoms with Gasteiger partial charge in [0.1, 0.15) is 0 Å². The zero-order valence-electron chi connectivity index (χ0n) is 10.5. The summed E-state index contributed by atoms with van der Waals surface area (Å²) in [5.74, 6) is 5.70. The number of hydrazine groups is 1. The molecule has 0 aromatic carbocycles. The quantitative estimate of drug-likeness (QED) is 0.600. The molecule has 0 spiro atoms. The van der Waals surface area contributed by atoms with Crippen LogP contribution in [0, 0.1) is 0 Å². The summed E-state index contributed by atoms with van der Waals surface area (Å²) in [5.41, 5.74) is 3.96. The minimum atomic E-state index is 0.0141. The van der Waals surface area contributed by atoms with Gasteiger partial charge in [0.2, 0.25) is 0 Å². The lowest BCUT2D eigenvalue weighted by Crippen LogP contribution is -2.51. The summed E-state index contributed by atoms with van der Waals surface area (Å²) in [6.45, 7) is 2.96. The number of pyridine rings is 1. The van der Waals surface area contributed by atoms with Gasteiger partial charge in [-0.3, -0.25) is 21.2 Å². The lowest BCUT2D eigenvalue weighted by molar-refractivity contribution is -0.0653. The Kier molecular flexibility index (Phi) is 3.56. The predicted molar refractivity (Wildman–Crippen MR) is 68.6 cm³/mol. The molecule has 0 amide bonds. The Morgan fingerprint density at radius 1 is 1.56 bits per heavy atom. The Morgan fingerprint density at radius 3 is 3.28 bits per heavy atom. The van der Waals surface area contributed by atoms with Crippen LogP contribution in [0.15, 0.2) is 24.5 Å². The van der Waals surface area contributed by atoms with Gasteiger partial charge in [-0.15, -0.1) is 0 Å². The maximum Gasteiger partial charge on any atom is 0.0910 e. The maximum atomic E-state index is 5.99. The van der Waals surface area contributed by atoms with E-state index in [4.69, 9.17) is 10.6 Å². The molecular formula is C13H20N4O. The van der Waals surface area contributed by atoms with Crippen LogP contribution >= 0.6 is 0 Å². The molecule has 1 aromatic heterocycles. The number of hydrogen-bond donors (Lipinski definition) is 2. The van der Waals surface area contributed by atoms with E-state index in [9.17, 15) is 0 Å². The van der Waals surface area contributed by atoms with Gasteiger partial charge in [0, 0.05) is 25.0 Å². The summed E-state index contributed by atoms with van der Waals surface area (Å²) in [6, 6.07) is 4.60. The highest BCUT2D eigenvalue weighted by atomic mass is 16.5. The summed E-state index contributed by atoms with van der Waals surface area (Å²) in [5, 5.41) is 0. The summed E-state index contributed by atoms with van der Waals surface area (Å²) < 4.78 is 5.99. The molecule has 98 valence electrons. The third kappa shape index (κ3) is 2.27. The predicted octanol–water partition coefficient (Wildman–Crippen LogP) is 0.449. The largest absolute Gasteiger partial charge is 0.373 e. The van der Waals surface area contributed by atoms with E-state index in [0.717, 1.165) is 18.7 Å². The number of fused-ring (bicyclic) bond motifs is 1. The first-order valence-corrected chi connectivity index (χ1v) is 6.60. The van der Waals surface area contributed by atoms with Gasteiger partial charge in [0.15, 0.2) is 0 Å². The van der Waals surface area contributed by atoms with Crippen LogP contribution in [0.1, 0.15) is 24.4 Å². The second kappa shape index (κ2) is 5.32. The van der Waals surface area contributed by atoms with Crippen LogP contribution in [0.25, 0.3) is 0 Å². The van der Waals surface area contributed by atoms with Gasteiger partial charge in [0.05, 0.1) is 18.8 Å². The van der Waals surface area contributed by atoms with Crippen molar-refractivity contribution in [2.45, 2.75) is 31.0 Å². The number of nitrogens with two attached hydrogens (primary N) is 1. The maximum absolute atomic E-state index is 5.99. The van der Waals surface area contributed by atoms with Crippen molar-refractivity contribution < 1.29 is 4.74 Å². The second-order valence-corrected chi connectivity index (χ2v) is 5.09. The number of morpholine rings is 1. The van der Waals surface area contributed by atoms with Crippen molar-refractivity contribution in [2.75, 3.05) is 19.7 Å². The van der Waals surface area contributed by atoms with Crippen molar-refractivity contribution in [3.8, 4) is 0 Å². The summed E-state index contributed by atoms with van der Waals surface area (Å²) in [7, 11) is 0. The molecule has 2 aliphatic rings. The lowest BCUT2D eigenvalue weighted by atomic mass is 10.0. The molecule has 18 heavy (non-hydrogen) atoms. The summed E-state index contributed by atoms with van der Waals surface area (Å²) >= 11 is 0. The first-order valence-electron chi connectivity index (χ1n) is 6.60. The van der Waals surface area contributed by atoms with E-state index in [1.807, 2.05) is 18.3 Å². The standard InChI is InChI=1S/C13H20N4O/c14-16-13(10-3-1-5-15-7-10)12-8-17-6-2-4-11(17)9-18-12/h1,3,5,7,11-13,16H,2,4,6,8-9,14H2. The highest BCUT2D eigenvalue weighted by Gasteiger charge is 2.36. The van der Waals surface area contributed by atoms with Gasteiger partial charge in [-0.2, -0.15) is 0 Å². The van der Waals surface area contributed by atoms with E-state index in [0.29, 0.717) is 6.04 Å². The summed E-state index contributed by atoms with van der Waals surface area (Å²) in [6.07, 6.45) is 6.28. The number of nitrogens with zero attached hydrogens (tertiary/aromatic N) is 2. The van der Waals surface area contributed by atoms with Crippen molar-refractivity contribution >= 4 is 0 Å². The van der Waals surface area contributed by atoms with E-state index >= 15 is 0 Å². The number of aromatic nitrogens is 1. The van der Waals surface area contributed by atoms with E-state index in [1.165, 1.54) is 19.4 Å². The van der Waals surface area contributed by atoms with Crippen LogP contribution in [0.2, 0.25) is 0 Å². The third-order valence-electron chi connectivity index (χ3n) is 4.01. The van der Waals surface area contributed by atoms with Crippen LogP contribution in [0.3, 0.4) is 0 Å². The molecular weight excluding hydrogens is 228 g/mol. The van der Waals surface area contributed by atoms with Crippen LogP contribution < -0.4 is 11.3 Å². The van der Waals surface area contributed by atoms with Crippen molar-refractivity contribution in [3.05, 3.63) is 30.1 Å². The van der Waals surface area contributed by atoms with Crippen LogP contribution in [0.4, 0.5) is 0 Å². The van der Waals surface area contributed by atoms with Crippen molar-refractivity contribution in [1.29, 1.82) is 0 Å². The van der Waals surface area contributed by atoms with E-state index in [-0.39, 0.29) is 12.1 Å². The molecule has 3 unspecified atom stereocenters. The molecule has 2 aliphatic heterocycles. The molecule has 3 N–H and O–H groups in total.